The fourth-order valence-electron chi connectivity index (χ4n) is 11.4. The maximum absolute atomic E-state index is 18.0. The third-order valence-electron chi connectivity index (χ3n) is 14.3. The van der Waals surface area contributed by atoms with Crippen LogP contribution in [0.25, 0.3) is 32.9 Å². The van der Waals surface area contributed by atoms with Gasteiger partial charge in [0, 0.05) is 67.1 Å². The van der Waals surface area contributed by atoms with Crippen molar-refractivity contribution in [2.75, 3.05) is 51.6 Å². The van der Waals surface area contributed by atoms with E-state index in [4.69, 9.17) is 33.9 Å². The zero-order chi connectivity index (χ0) is 46.6. The van der Waals surface area contributed by atoms with E-state index in [1.165, 1.54) is 0 Å². The van der Waals surface area contributed by atoms with Crippen LogP contribution in [0.15, 0.2) is 48.2 Å². The van der Waals surface area contributed by atoms with Crippen molar-refractivity contribution in [3.63, 3.8) is 0 Å². The largest absolute Gasteiger partial charge is 0.468 e. The number of pyridine rings is 1. The summed E-state index contributed by atoms with van der Waals surface area (Å²) >= 11 is 0. The van der Waals surface area contributed by atoms with Crippen LogP contribution in [0.5, 0.6) is 11.8 Å². The number of hydrogen-bond acceptors (Lipinski definition) is 10. The van der Waals surface area contributed by atoms with E-state index in [9.17, 15) is 13.6 Å². The zero-order valence-electron chi connectivity index (χ0n) is 39.5. The van der Waals surface area contributed by atoms with E-state index in [0.29, 0.717) is 65.2 Å². The van der Waals surface area contributed by atoms with Gasteiger partial charge in [-0.2, -0.15) is 18.7 Å². The summed E-state index contributed by atoms with van der Waals surface area (Å²) < 4.78 is 69.4. The van der Waals surface area contributed by atoms with Gasteiger partial charge in [-0.25, -0.2) is 9.18 Å². The van der Waals surface area contributed by atoms with Crippen molar-refractivity contribution < 1.29 is 36.9 Å². The molecule has 4 aliphatic heterocycles. The minimum Gasteiger partial charge on any atom is -0.468 e. The molecule has 4 aliphatic rings. The molecule has 4 aromatic rings. The highest BCUT2D eigenvalue weighted by atomic mass is 28.3. The molecule has 3 unspecified atom stereocenters. The molecule has 2 bridgehead atoms. The summed E-state index contributed by atoms with van der Waals surface area (Å²) in [5.41, 5.74) is 5.22. The Bertz CT molecular complexity index is 2530. The van der Waals surface area contributed by atoms with Gasteiger partial charge in [0.25, 0.3) is 6.08 Å². The maximum atomic E-state index is 18.0. The first-order chi connectivity index (χ1) is 30.9. The quantitative estimate of drug-likeness (QED) is 0.0821. The third-order valence-corrected chi connectivity index (χ3v) is 20.5. The van der Waals surface area contributed by atoms with Gasteiger partial charge in [0.1, 0.15) is 43.1 Å². The summed E-state index contributed by atoms with van der Waals surface area (Å²) in [7, 11) is -0.620. The Morgan fingerprint density at radius 3 is 2.35 bits per heavy atom. The molecule has 3 atom stereocenters. The van der Waals surface area contributed by atoms with Gasteiger partial charge in [-0.05, 0) is 99.6 Å². The first-order valence-corrected chi connectivity index (χ1v) is 25.3. The van der Waals surface area contributed by atoms with Crippen molar-refractivity contribution in [3.8, 4) is 34.5 Å². The number of anilines is 1. The van der Waals surface area contributed by atoms with E-state index in [-0.39, 0.29) is 67.3 Å². The molecule has 15 heteroatoms. The fraction of sp³-hybridized carbons (Fsp3) is 0.560. The molecule has 4 fully saturated rings. The SMILES string of the molecule is COCOc1cc(-c2ncc3c(N4C5CCC4CN(C(=O)OC(C)(C)C)C5)nc(OCC45CCCN4CC(=C(F)F)C5)nc3c2F)c2c(C#C[Si](C(C)C)(C(C)C)C(C)C)cccc2c1. The van der Waals surface area contributed by atoms with Crippen molar-refractivity contribution in [2.45, 2.75) is 134 Å². The summed E-state index contributed by atoms with van der Waals surface area (Å²) in [4.78, 5) is 33.9. The van der Waals surface area contributed by atoms with Crippen molar-refractivity contribution >= 4 is 41.7 Å². The maximum Gasteiger partial charge on any atom is 0.410 e. The van der Waals surface area contributed by atoms with E-state index in [1.807, 2.05) is 45.0 Å². The van der Waals surface area contributed by atoms with Crippen LogP contribution in [0.2, 0.25) is 16.6 Å². The van der Waals surface area contributed by atoms with E-state index in [1.54, 1.807) is 24.3 Å². The van der Waals surface area contributed by atoms with Crippen molar-refractivity contribution in [3.05, 3.63) is 59.6 Å². The Balaban J connectivity index is 1.28. The van der Waals surface area contributed by atoms with E-state index in [2.05, 4.69) is 62.8 Å². The standard InChI is InChI=1S/C50H63F3N6O5Si/c1-30(2)65(31(3)4,32(5)6)20-17-33-13-11-14-34-21-38(63-29-61-10)22-39(41(33)34)43-42(51)44-40(24-54-43)46(59-36-15-16-37(59)27-57(26-36)48(60)64-49(7,8)9)56-47(55-44)62-28-50-18-12-19-58(50)25-35(23-50)45(52)53/h11,13-14,21-22,24,30-32,36-37H,12,15-16,18-19,23,25-29H2,1-10H3. The highest BCUT2D eigenvalue weighted by Crippen LogP contribution is 2.46. The number of hydrogen-bond donors (Lipinski definition) is 0. The predicted molar refractivity (Wildman–Crippen MR) is 251 cm³/mol. The highest BCUT2D eigenvalue weighted by molar-refractivity contribution is 6.90. The topological polar surface area (TPSA) is 102 Å². The molecule has 0 aliphatic carbocycles. The minimum absolute atomic E-state index is 0.0114. The summed E-state index contributed by atoms with van der Waals surface area (Å²) in [6, 6.07) is 9.24. The molecule has 348 valence electrons. The molecule has 2 aromatic carbocycles. The predicted octanol–water partition coefficient (Wildman–Crippen LogP) is 10.9. The minimum atomic E-state index is -2.16. The lowest BCUT2D eigenvalue weighted by molar-refractivity contribution is 0.0209. The molecule has 11 nitrogen and oxygen atoms in total. The molecular weight excluding hydrogens is 850 g/mol. The average Bonchev–Trinajstić information content (AvgIpc) is 3.89. The third kappa shape index (κ3) is 8.78. The number of piperazine rings is 1. The molecule has 0 N–H and O–H groups in total. The van der Waals surface area contributed by atoms with Crippen LogP contribution in [-0.2, 0) is 9.47 Å². The number of carbonyl (C=O) groups is 1. The Morgan fingerprint density at radius 1 is 1.00 bits per heavy atom. The summed E-state index contributed by atoms with van der Waals surface area (Å²) in [5, 5.41) is 1.93. The van der Waals surface area contributed by atoms with Gasteiger partial charge in [-0.1, -0.05) is 59.6 Å². The second kappa shape index (κ2) is 18.1. The van der Waals surface area contributed by atoms with Gasteiger partial charge in [-0.15, -0.1) is 5.54 Å². The lowest BCUT2D eigenvalue weighted by atomic mass is 9.94. The number of aromatic nitrogens is 3. The number of nitrogens with zero attached hydrogens (tertiary/aromatic N) is 6. The van der Waals surface area contributed by atoms with Crippen LogP contribution in [0, 0.1) is 17.3 Å². The molecule has 0 spiro atoms. The molecule has 6 heterocycles. The van der Waals surface area contributed by atoms with Crippen molar-refractivity contribution in [1.29, 1.82) is 0 Å². The van der Waals surface area contributed by atoms with E-state index < -0.39 is 31.1 Å². The Hall–Kier alpha value is -4.91. The van der Waals surface area contributed by atoms with Gasteiger partial charge < -0.3 is 28.7 Å². The Morgan fingerprint density at radius 2 is 1.71 bits per heavy atom. The number of rotatable bonds is 11. The number of amides is 1. The number of carbonyl (C=O) groups excluding carboxylic acids is 1. The smallest absolute Gasteiger partial charge is 0.410 e. The van der Waals surface area contributed by atoms with Gasteiger partial charge in [0.2, 0.25) is 0 Å². The van der Waals surface area contributed by atoms with Crippen molar-refractivity contribution in [2.24, 2.45) is 0 Å². The molecule has 65 heavy (non-hydrogen) atoms. The first kappa shape index (κ1) is 46.6. The van der Waals surface area contributed by atoms with Crippen LogP contribution in [0.4, 0.5) is 23.8 Å². The number of fused-ring (bicyclic) bond motifs is 5. The van der Waals surface area contributed by atoms with Gasteiger partial charge in [0.05, 0.1) is 10.9 Å². The summed E-state index contributed by atoms with van der Waals surface area (Å²) in [5.74, 6) is 3.87. The van der Waals surface area contributed by atoms with Crippen LogP contribution < -0.4 is 14.4 Å². The lowest BCUT2D eigenvalue weighted by Crippen LogP contribution is -2.56. The number of benzene rings is 2. The number of ether oxygens (including phenoxy) is 4. The highest BCUT2D eigenvalue weighted by Gasteiger charge is 2.49. The number of methoxy groups -OCH3 is 1. The molecule has 0 radical (unpaired) electrons. The molecular formula is C50H63F3N6O5Si. The zero-order valence-corrected chi connectivity index (χ0v) is 40.5. The van der Waals surface area contributed by atoms with Crippen LogP contribution in [0.3, 0.4) is 0 Å². The fourth-order valence-corrected chi connectivity index (χ4v) is 16.6. The number of halogens is 3. The second-order valence-corrected chi connectivity index (χ2v) is 25.9. The van der Waals surface area contributed by atoms with Gasteiger partial charge >= 0.3 is 12.1 Å². The van der Waals surface area contributed by atoms with E-state index >= 15 is 4.39 Å². The lowest BCUT2D eigenvalue weighted by Gasteiger charge is -2.42. The molecule has 0 saturated carbocycles. The Labute approximate surface area is 382 Å². The summed E-state index contributed by atoms with van der Waals surface area (Å²) in [6.45, 7) is 20.9. The second-order valence-electron chi connectivity index (χ2n) is 20.3. The van der Waals surface area contributed by atoms with E-state index in [0.717, 1.165) is 35.6 Å². The van der Waals surface area contributed by atoms with Crippen LogP contribution in [-0.4, -0.2) is 109 Å². The molecule has 4 saturated heterocycles. The molecule has 2 aromatic heterocycles. The van der Waals surface area contributed by atoms with Gasteiger partial charge in [-0.3, -0.25) is 9.88 Å². The van der Waals surface area contributed by atoms with Crippen LogP contribution >= 0.6 is 0 Å². The van der Waals surface area contributed by atoms with Crippen molar-refractivity contribution in [1.82, 2.24) is 24.8 Å². The average molecular weight is 913 g/mol. The Kier molecular flexibility index (Phi) is 12.9. The van der Waals surface area contributed by atoms with Gasteiger partial charge in [0.15, 0.2) is 12.6 Å². The molecule has 1 amide bonds. The first-order valence-electron chi connectivity index (χ1n) is 23.1. The monoisotopic (exact) mass is 912 g/mol. The normalized spacial score (nSPS) is 21.2. The number of likely N-dealkylation sites (tertiary alicyclic amines) is 1. The van der Waals surface area contributed by atoms with Crippen LogP contribution in [0.1, 0.15) is 100.0 Å². The summed E-state index contributed by atoms with van der Waals surface area (Å²) in [6.07, 6.45) is 2.87. The molecule has 8 rings (SSSR count).